The number of piperidine rings is 1. The van der Waals surface area contributed by atoms with Crippen LogP contribution in [0.1, 0.15) is 30.1 Å². The van der Waals surface area contributed by atoms with Gasteiger partial charge >= 0.3 is 0 Å². The lowest BCUT2D eigenvalue weighted by Gasteiger charge is -2.38. The van der Waals surface area contributed by atoms with Gasteiger partial charge in [-0.15, -0.1) is 0 Å². The number of hydrogen-bond acceptors (Lipinski definition) is 5. The zero-order valence-electron chi connectivity index (χ0n) is 17.2. The SMILES string of the molecule is CC1CCC(Oc2cccc3ncccc23)CN1C(=O)c1ccccc1-c1ncn[nH]1. The molecule has 2 atom stereocenters. The third-order valence-corrected chi connectivity index (χ3v) is 5.83. The van der Waals surface area contributed by atoms with Gasteiger partial charge in [0.05, 0.1) is 17.6 Å². The smallest absolute Gasteiger partial charge is 0.254 e. The minimum atomic E-state index is -0.0802. The van der Waals surface area contributed by atoms with Crippen LogP contribution >= 0.6 is 0 Å². The number of amides is 1. The van der Waals surface area contributed by atoms with E-state index < -0.39 is 0 Å². The van der Waals surface area contributed by atoms with Crippen LogP contribution in [0.3, 0.4) is 0 Å². The van der Waals surface area contributed by atoms with E-state index in [0.29, 0.717) is 17.9 Å². The summed E-state index contributed by atoms with van der Waals surface area (Å²) in [6.45, 7) is 2.62. The fraction of sp³-hybridized carbons (Fsp3) is 0.250. The normalized spacial score (nSPS) is 18.8. The number of rotatable bonds is 4. The maximum atomic E-state index is 13.5. The minimum Gasteiger partial charge on any atom is -0.488 e. The molecule has 3 heterocycles. The van der Waals surface area contributed by atoms with Crippen LogP contribution in [-0.4, -0.2) is 49.7 Å². The number of aromatic nitrogens is 4. The Morgan fingerprint density at radius 1 is 1.06 bits per heavy atom. The average molecular weight is 413 g/mol. The molecule has 7 heteroatoms. The first-order valence-electron chi connectivity index (χ1n) is 10.5. The molecule has 1 saturated heterocycles. The summed E-state index contributed by atoms with van der Waals surface area (Å²) in [5.74, 6) is 1.37. The van der Waals surface area contributed by atoms with Gasteiger partial charge in [-0.3, -0.25) is 14.9 Å². The van der Waals surface area contributed by atoms with Gasteiger partial charge in [-0.05, 0) is 50.1 Å². The van der Waals surface area contributed by atoms with Gasteiger partial charge in [0.25, 0.3) is 5.91 Å². The highest BCUT2D eigenvalue weighted by Gasteiger charge is 2.32. The number of hydrogen-bond donors (Lipinski definition) is 1. The first-order chi connectivity index (χ1) is 15.2. The molecular formula is C24H23N5O2. The first-order valence-corrected chi connectivity index (χ1v) is 10.5. The summed E-state index contributed by atoms with van der Waals surface area (Å²) >= 11 is 0. The Morgan fingerprint density at radius 3 is 2.84 bits per heavy atom. The van der Waals surface area contributed by atoms with E-state index in [-0.39, 0.29) is 18.1 Å². The summed E-state index contributed by atoms with van der Waals surface area (Å²) in [4.78, 5) is 24.1. The van der Waals surface area contributed by atoms with Crippen LogP contribution in [0.25, 0.3) is 22.3 Å². The van der Waals surface area contributed by atoms with Gasteiger partial charge in [-0.2, -0.15) is 5.10 Å². The van der Waals surface area contributed by atoms with Crippen molar-refractivity contribution in [1.29, 1.82) is 0 Å². The van der Waals surface area contributed by atoms with Crippen LogP contribution in [-0.2, 0) is 0 Å². The highest BCUT2D eigenvalue weighted by Crippen LogP contribution is 2.29. The summed E-state index contributed by atoms with van der Waals surface area (Å²) in [5.41, 5.74) is 2.26. The standard InChI is InChI=1S/C24H23N5O2/c1-16-11-12-17(31-22-10-4-9-21-20(22)8-5-13-25-21)14-29(16)24(30)19-7-3-2-6-18(19)23-26-15-27-28-23/h2-10,13,15-17H,11-12,14H2,1H3,(H,26,27,28). The summed E-state index contributed by atoms with van der Waals surface area (Å²) in [5, 5.41) is 7.77. The fourth-order valence-electron chi connectivity index (χ4n) is 4.18. The number of benzene rings is 2. The van der Waals surface area contributed by atoms with E-state index >= 15 is 0 Å². The number of likely N-dealkylation sites (tertiary alicyclic amines) is 1. The molecule has 0 aliphatic carbocycles. The van der Waals surface area contributed by atoms with E-state index in [1.54, 1.807) is 6.20 Å². The van der Waals surface area contributed by atoms with E-state index in [9.17, 15) is 4.79 Å². The number of nitrogens with one attached hydrogen (secondary N) is 1. The number of pyridine rings is 1. The predicted octanol–water partition coefficient (Wildman–Crippen LogP) is 4.09. The van der Waals surface area contributed by atoms with E-state index in [4.69, 9.17) is 4.74 Å². The monoisotopic (exact) mass is 413 g/mol. The van der Waals surface area contributed by atoms with Crippen molar-refractivity contribution < 1.29 is 9.53 Å². The molecule has 0 saturated carbocycles. The number of aromatic amines is 1. The number of H-pyrrole nitrogens is 1. The molecule has 0 radical (unpaired) electrons. The average Bonchev–Trinajstić information content (AvgIpc) is 3.35. The van der Waals surface area contributed by atoms with Gasteiger partial charge < -0.3 is 9.64 Å². The molecule has 156 valence electrons. The minimum absolute atomic E-state index is 0.0209. The highest BCUT2D eigenvalue weighted by atomic mass is 16.5. The van der Waals surface area contributed by atoms with Crippen LogP contribution in [0.4, 0.5) is 0 Å². The van der Waals surface area contributed by atoms with E-state index in [1.165, 1.54) is 6.33 Å². The van der Waals surface area contributed by atoms with Crippen LogP contribution < -0.4 is 4.74 Å². The van der Waals surface area contributed by atoms with E-state index in [0.717, 1.165) is 35.1 Å². The lowest BCUT2D eigenvalue weighted by Crippen LogP contribution is -2.49. The van der Waals surface area contributed by atoms with Gasteiger partial charge in [0.1, 0.15) is 18.2 Å². The van der Waals surface area contributed by atoms with Crippen molar-refractivity contribution in [2.45, 2.75) is 31.9 Å². The molecule has 1 fully saturated rings. The Bertz CT molecular complexity index is 1200. The summed E-state index contributed by atoms with van der Waals surface area (Å²) < 4.78 is 6.37. The summed E-state index contributed by atoms with van der Waals surface area (Å²) in [6, 6.07) is 17.4. The van der Waals surface area contributed by atoms with E-state index in [2.05, 4.69) is 27.1 Å². The maximum Gasteiger partial charge on any atom is 0.254 e. The first kappa shape index (κ1) is 19.2. The van der Waals surface area contributed by atoms with Crippen molar-refractivity contribution in [2.75, 3.05) is 6.54 Å². The third-order valence-electron chi connectivity index (χ3n) is 5.83. The molecule has 1 N–H and O–H groups in total. The van der Waals surface area contributed by atoms with Crippen LogP contribution in [0.2, 0.25) is 0 Å². The van der Waals surface area contributed by atoms with Crippen molar-refractivity contribution in [3.05, 3.63) is 72.7 Å². The Morgan fingerprint density at radius 2 is 1.97 bits per heavy atom. The molecule has 2 aromatic carbocycles. The van der Waals surface area contributed by atoms with Gasteiger partial charge in [0.15, 0.2) is 5.82 Å². The molecule has 1 aliphatic heterocycles. The van der Waals surface area contributed by atoms with Gasteiger partial charge in [0, 0.05) is 23.2 Å². The Labute approximate surface area is 180 Å². The maximum absolute atomic E-state index is 13.5. The molecule has 2 unspecified atom stereocenters. The zero-order chi connectivity index (χ0) is 21.2. The lowest BCUT2D eigenvalue weighted by atomic mass is 9.98. The van der Waals surface area contributed by atoms with Crippen molar-refractivity contribution in [3.8, 4) is 17.1 Å². The van der Waals surface area contributed by atoms with Gasteiger partial charge in [-0.25, -0.2) is 4.98 Å². The summed E-state index contributed by atoms with van der Waals surface area (Å²) in [6.07, 6.45) is 4.92. The second-order valence-electron chi connectivity index (χ2n) is 7.83. The molecule has 1 aliphatic rings. The molecule has 31 heavy (non-hydrogen) atoms. The number of fused-ring (bicyclic) bond motifs is 1. The van der Waals surface area contributed by atoms with Gasteiger partial charge in [0.2, 0.25) is 0 Å². The molecule has 7 nitrogen and oxygen atoms in total. The predicted molar refractivity (Wildman–Crippen MR) is 118 cm³/mol. The topological polar surface area (TPSA) is 84.0 Å². The number of ether oxygens (including phenoxy) is 1. The van der Waals surface area contributed by atoms with Crippen molar-refractivity contribution in [2.24, 2.45) is 0 Å². The highest BCUT2D eigenvalue weighted by molar-refractivity contribution is 6.00. The molecular weight excluding hydrogens is 390 g/mol. The Balaban J connectivity index is 1.40. The third kappa shape index (κ3) is 3.74. The zero-order valence-corrected chi connectivity index (χ0v) is 17.2. The fourth-order valence-corrected chi connectivity index (χ4v) is 4.18. The molecule has 2 aromatic heterocycles. The molecule has 4 aromatic rings. The van der Waals surface area contributed by atoms with Crippen LogP contribution in [0.15, 0.2) is 67.1 Å². The summed E-state index contributed by atoms with van der Waals surface area (Å²) in [7, 11) is 0. The van der Waals surface area contributed by atoms with Crippen molar-refractivity contribution in [3.63, 3.8) is 0 Å². The molecule has 0 bridgehead atoms. The molecule has 5 rings (SSSR count). The van der Waals surface area contributed by atoms with Crippen molar-refractivity contribution in [1.82, 2.24) is 25.1 Å². The molecule has 1 amide bonds. The largest absolute Gasteiger partial charge is 0.488 e. The Kier molecular flexibility index (Phi) is 5.08. The second-order valence-corrected chi connectivity index (χ2v) is 7.83. The Hall–Kier alpha value is -3.74. The number of nitrogens with zero attached hydrogens (tertiary/aromatic N) is 4. The van der Waals surface area contributed by atoms with Crippen molar-refractivity contribution >= 4 is 16.8 Å². The van der Waals surface area contributed by atoms with Gasteiger partial charge in [-0.1, -0.05) is 24.3 Å². The lowest BCUT2D eigenvalue weighted by molar-refractivity contribution is 0.0389. The van der Waals surface area contributed by atoms with Crippen LogP contribution in [0, 0.1) is 0 Å². The van der Waals surface area contributed by atoms with Crippen LogP contribution in [0.5, 0.6) is 5.75 Å². The van der Waals surface area contributed by atoms with E-state index in [1.807, 2.05) is 59.5 Å². The second kappa shape index (κ2) is 8.18. The molecule has 0 spiro atoms. The number of carbonyl (C=O) groups is 1. The number of carbonyl (C=O) groups excluding carboxylic acids is 1. The quantitative estimate of drug-likeness (QED) is 0.545.